The number of halogens is 6. The summed E-state index contributed by atoms with van der Waals surface area (Å²) in [4.78, 5) is 7.10. The van der Waals surface area contributed by atoms with Gasteiger partial charge in [0.1, 0.15) is 15.9 Å². The van der Waals surface area contributed by atoms with Gasteiger partial charge in [0.2, 0.25) is 0 Å². The van der Waals surface area contributed by atoms with Crippen LogP contribution in [0.1, 0.15) is 11.3 Å². The largest absolute Gasteiger partial charge is 1.00 e. The van der Waals surface area contributed by atoms with E-state index >= 15 is 0 Å². The van der Waals surface area contributed by atoms with E-state index in [1.54, 1.807) is 24.3 Å². The normalized spacial score (nSPS) is 11.5. The average molecular weight is 789 g/mol. The zero-order valence-corrected chi connectivity index (χ0v) is 25.3. The molecule has 0 unspecified atom stereocenters. The molecule has 0 aliphatic rings. The predicted molar refractivity (Wildman–Crippen MR) is 157 cm³/mol. The Morgan fingerprint density at radius 1 is 0.535 bits per heavy atom. The van der Waals surface area contributed by atoms with Gasteiger partial charge in [-0.3, -0.25) is 0 Å². The second-order valence-electron chi connectivity index (χ2n) is 9.26. The van der Waals surface area contributed by atoms with Crippen LogP contribution in [0.15, 0.2) is 133 Å². The number of rotatable bonds is 4. The molecule has 0 spiro atoms. The topological polar surface area (TPSA) is 27.0 Å². The van der Waals surface area contributed by atoms with Crippen LogP contribution < -0.4 is 20.9 Å². The fourth-order valence-electron chi connectivity index (χ4n) is 4.49. The molecule has 0 N–H and O–H groups in total. The number of para-hydroxylation sites is 1. The number of fused-ring (bicyclic) bond motifs is 1. The van der Waals surface area contributed by atoms with Crippen molar-refractivity contribution in [3.63, 3.8) is 0 Å². The minimum absolute atomic E-state index is 0. The van der Waals surface area contributed by atoms with Gasteiger partial charge in [0.25, 0.3) is 0 Å². The van der Waals surface area contributed by atoms with Gasteiger partial charge in [-0.2, -0.15) is 26.3 Å². The summed E-state index contributed by atoms with van der Waals surface area (Å²) < 4.78 is 77.1. The van der Waals surface area contributed by atoms with Gasteiger partial charge < -0.3 is 4.98 Å². The molecule has 0 aliphatic carbocycles. The fourth-order valence-corrected chi connectivity index (χ4v) is 7.06. The van der Waals surface area contributed by atoms with Crippen LogP contribution in [0.25, 0.3) is 22.3 Å². The Bertz CT molecular complexity index is 1660. The van der Waals surface area contributed by atoms with E-state index in [0.717, 1.165) is 0 Å². The molecule has 0 fully saturated rings. The molecule has 6 rings (SSSR count). The molecule has 0 amide bonds. The van der Waals surface area contributed by atoms with E-state index in [9.17, 15) is 26.3 Å². The van der Waals surface area contributed by atoms with E-state index in [1.165, 1.54) is 28.0 Å². The van der Waals surface area contributed by atoms with E-state index in [-0.39, 0.29) is 34.1 Å². The van der Waals surface area contributed by atoms with Gasteiger partial charge in [0, 0.05) is 16.6 Å². The quantitative estimate of drug-likeness (QED) is 0.103. The van der Waals surface area contributed by atoms with Gasteiger partial charge >= 0.3 is 34.7 Å². The van der Waals surface area contributed by atoms with Crippen LogP contribution >= 0.6 is 7.92 Å². The van der Waals surface area contributed by atoms with Gasteiger partial charge in [-0.05, 0) is 48.5 Å². The SMILES string of the molecule is FC(F)(F)c1cc(C(F)(F)F)c(-c2ccc3ccccc3n2)[n-]1.[Au+].c1ccc([PH+](c2ccccc2)c2ccccc2)cc1. The summed E-state index contributed by atoms with van der Waals surface area (Å²) in [6.45, 7) is 0. The number of nitrogens with zero attached hydrogens (tertiary/aromatic N) is 2. The summed E-state index contributed by atoms with van der Waals surface area (Å²) in [5.41, 5.74) is -3.75. The predicted octanol–water partition coefficient (Wildman–Crippen LogP) is 8.07. The number of pyridine rings is 1. The van der Waals surface area contributed by atoms with Crippen molar-refractivity contribution >= 4 is 34.7 Å². The number of benzene rings is 4. The molecule has 6 aromatic rings. The minimum Gasteiger partial charge on any atom is -0.652 e. The molecule has 2 aromatic heterocycles. The van der Waals surface area contributed by atoms with Crippen LogP contribution in [0.5, 0.6) is 0 Å². The molecule has 0 atom stereocenters. The molecule has 2 nitrogen and oxygen atoms in total. The van der Waals surface area contributed by atoms with Gasteiger partial charge in [0.15, 0.2) is 0 Å². The summed E-state index contributed by atoms with van der Waals surface area (Å²) in [6.07, 6.45) is -9.92. The van der Waals surface area contributed by atoms with Gasteiger partial charge in [0.05, 0.1) is 13.4 Å². The van der Waals surface area contributed by atoms with Crippen LogP contribution in [-0.4, -0.2) is 4.98 Å². The second-order valence-corrected chi connectivity index (χ2v) is 11.7. The molecule has 4 aromatic carbocycles. The van der Waals surface area contributed by atoms with Crippen molar-refractivity contribution in [3.8, 4) is 11.4 Å². The molecule has 0 bridgehead atoms. The summed E-state index contributed by atoms with van der Waals surface area (Å²) in [5.74, 6) is 0. The van der Waals surface area contributed by atoms with Crippen molar-refractivity contribution in [1.29, 1.82) is 0 Å². The van der Waals surface area contributed by atoms with Crippen molar-refractivity contribution in [1.82, 2.24) is 9.97 Å². The maximum atomic E-state index is 13.0. The first kappa shape index (κ1) is 32.2. The molecule has 222 valence electrons. The van der Waals surface area contributed by atoms with E-state index in [0.29, 0.717) is 10.9 Å². The number of aromatic nitrogens is 2. The Morgan fingerprint density at radius 3 is 1.47 bits per heavy atom. The van der Waals surface area contributed by atoms with Crippen LogP contribution in [-0.2, 0) is 34.7 Å². The zero-order chi connectivity index (χ0) is 29.7. The van der Waals surface area contributed by atoms with Crippen LogP contribution in [0, 0.1) is 0 Å². The number of alkyl halides is 6. The third kappa shape index (κ3) is 7.84. The van der Waals surface area contributed by atoms with Crippen LogP contribution in [0.4, 0.5) is 26.3 Å². The third-order valence-electron chi connectivity index (χ3n) is 6.39. The number of hydrogen-bond donors (Lipinski definition) is 0. The van der Waals surface area contributed by atoms with E-state index in [1.807, 2.05) is 0 Å². The smallest absolute Gasteiger partial charge is 0.652 e. The van der Waals surface area contributed by atoms with Gasteiger partial charge in [-0.15, -0.1) is 0 Å². The summed E-state index contributed by atoms with van der Waals surface area (Å²) in [5, 5.41) is 4.96. The molecular formula is C33H23AuF6N2P+. The Morgan fingerprint density at radius 2 is 1.00 bits per heavy atom. The third-order valence-corrected chi connectivity index (χ3v) is 9.12. The first-order valence-corrected chi connectivity index (χ1v) is 14.3. The Kier molecular flexibility index (Phi) is 10.3. The van der Waals surface area contributed by atoms with Crippen molar-refractivity contribution in [2.24, 2.45) is 0 Å². The first-order chi connectivity index (χ1) is 20.1. The zero-order valence-electron chi connectivity index (χ0n) is 22.2. The van der Waals surface area contributed by atoms with Gasteiger partial charge in [-0.25, -0.2) is 4.98 Å². The summed E-state index contributed by atoms with van der Waals surface area (Å²) in [6, 6.07) is 41.8. The Labute approximate surface area is 261 Å². The molecule has 0 radical (unpaired) electrons. The first-order valence-electron chi connectivity index (χ1n) is 12.8. The van der Waals surface area contributed by atoms with Crippen LogP contribution in [0.2, 0.25) is 0 Å². The minimum atomic E-state index is -4.96. The van der Waals surface area contributed by atoms with Crippen molar-refractivity contribution in [2.45, 2.75) is 12.4 Å². The fraction of sp³-hybridized carbons (Fsp3) is 0.0606. The molecule has 10 heteroatoms. The summed E-state index contributed by atoms with van der Waals surface area (Å²) >= 11 is 0. The molecule has 0 aliphatic heterocycles. The van der Waals surface area contributed by atoms with Crippen molar-refractivity contribution in [2.75, 3.05) is 0 Å². The molecule has 0 saturated heterocycles. The van der Waals surface area contributed by atoms with Crippen LogP contribution in [0.3, 0.4) is 0 Å². The maximum absolute atomic E-state index is 13.0. The second kappa shape index (κ2) is 13.7. The average Bonchev–Trinajstić information content (AvgIpc) is 3.47. The molecular weight excluding hydrogens is 766 g/mol. The maximum Gasteiger partial charge on any atom is 1.00 e. The Balaban J connectivity index is 0.000000195. The summed E-state index contributed by atoms with van der Waals surface area (Å²) in [7, 11) is -0.877. The van der Waals surface area contributed by atoms with E-state index in [2.05, 4.69) is 101 Å². The van der Waals surface area contributed by atoms with Crippen molar-refractivity contribution in [3.05, 3.63) is 145 Å². The molecule has 2 heterocycles. The molecule has 43 heavy (non-hydrogen) atoms. The molecule has 0 saturated carbocycles. The van der Waals surface area contributed by atoms with Crippen molar-refractivity contribution < 1.29 is 48.7 Å². The standard InChI is InChI=1S/C18H15P.C15H7F6N2.Au/c1-4-10-16(11-5-1)19(17-12-6-2-7-13-17)18-14-8-3-9-15-18;16-14(17,18)9-7-12(15(19,20)21)23-13(9)11-6-5-8-3-1-2-4-10(8)22-11;/h1-15H;1-7H;/q;-1;+1/p+1. The number of hydrogen-bond acceptors (Lipinski definition) is 1. The van der Waals surface area contributed by atoms with E-state index < -0.39 is 37.2 Å². The van der Waals surface area contributed by atoms with Gasteiger partial charge in [-0.1, -0.05) is 96.3 Å². The monoisotopic (exact) mass is 789 g/mol. The Hall–Kier alpha value is -3.68. The van der Waals surface area contributed by atoms with E-state index in [4.69, 9.17) is 0 Å².